The number of nitrogens with zero attached hydrogens (tertiary/aromatic N) is 1. The molecule has 120 valence electrons. The second-order valence-corrected chi connectivity index (χ2v) is 5.73. The van der Waals surface area contributed by atoms with Crippen LogP contribution in [0.5, 0.6) is 5.75 Å². The first kappa shape index (κ1) is 15.3. The van der Waals surface area contributed by atoms with Crippen molar-refractivity contribution in [2.75, 3.05) is 19.0 Å². The molecular weight excluding hydrogens is 290 g/mol. The minimum absolute atomic E-state index is 0.0922. The molecule has 1 aromatic carbocycles. The Labute approximate surface area is 136 Å². The van der Waals surface area contributed by atoms with Gasteiger partial charge in [0, 0.05) is 25.0 Å². The van der Waals surface area contributed by atoms with Crippen LogP contribution in [0.25, 0.3) is 0 Å². The number of hydrogen-bond donors (Lipinski definition) is 2. The molecule has 1 saturated carbocycles. The van der Waals surface area contributed by atoms with Crippen molar-refractivity contribution in [3.63, 3.8) is 0 Å². The Morgan fingerprint density at radius 3 is 2.74 bits per heavy atom. The quantitative estimate of drug-likeness (QED) is 0.825. The topological polar surface area (TPSA) is 63.2 Å². The summed E-state index contributed by atoms with van der Waals surface area (Å²) in [7, 11) is 1.65. The molecule has 23 heavy (non-hydrogen) atoms. The molecule has 1 aromatic heterocycles. The van der Waals surface area contributed by atoms with E-state index >= 15 is 0 Å². The smallest absolute Gasteiger partial charge is 0.252 e. The SMILES string of the molecule is COc1ccc(CCNC(=O)c2cncc(NC3CC3)c2)cc1. The highest BCUT2D eigenvalue weighted by atomic mass is 16.5. The van der Waals surface area contributed by atoms with E-state index in [9.17, 15) is 4.79 Å². The van der Waals surface area contributed by atoms with Crippen molar-refractivity contribution in [2.45, 2.75) is 25.3 Å². The number of carbonyl (C=O) groups is 1. The Morgan fingerprint density at radius 1 is 1.26 bits per heavy atom. The largest absolute Gasteiger partial charge is 0.497 e. The van der Waals surface area contributed by atoms with Crippen LogP contribution in [0.4, 0.5) is 5.69 Å². The van der Waals surface area contributed by atoms with Gasteiger partial charge in [0.15, 0.2) is 0 Å². The molecule has 0 spiro atoms. The highest BCUT2D eigenvalue weighted by Crippen LogP contribution is 2.24. The maximum Gasteiger partial charge on any atom is 0.252 e. The third-order valence-electron chi connectivity index (χ3n) is 3.81. The predicted molar refractivity (Wildman–Crippen MR) is 89.9 cm³/mol. The van der Waals surface area contributed by atoms with Crippen LogP contribution in [0.1, 0.15) is 28.8 Å². The van der Waals surface area contributed by atoms with Crippen LogP contribution < -0.4 is 15.4 Å². The second kappa shape index (κ2) is 7.13. The van der Waals surface area contributed by atoms with Gasteiger partial charge in [0.25, 0.3) is 5.91 Å². The van der Waals surface area contributed by atoms with Gasteiger partial charge >= 0.3 is 0 Å². The molecule has 2 aromatic rings. The van der Waals surface area contributed by atoms with Gasteiger partial charge in [0.05, 0.1) is 18.4 Å². The first-order chi connectivity index (χ1) is 11.2. The van der Waals surface area contributed by atoms with Gasteiger partial charge < -0.3 is 15.4 Å². The Bertz CT molecular complexity index is 666. The van der Waals surface area contributed by atoms with Gasteiger partial charge in [-0.15, -0.1) is 0 Å². The summed E-state index contributed by atoms with van der Waals surface area (Å²) in [6.45, 7) is 0.589. The van der Waals surface area contributed by atoms with Crippen molar-refractivity contribution in [1.29, 1.82) is 0 Å². The summed E-state index contributed by atoms with van der Waals surface area (Å²) in [4.78, 5) is 16.3. The number of carbonyl (C=O) groups excluding carboxylic acids is 1. The summed E-state index contributed by atoms with van der Waals surface area (Å²) in [6, 6.07) is 10.3. The molecule has 5 heteroatoms. The van der Waals surface area contributed by atoms with Crippen LogP contribution in [0, 0.1) is 0 Å². The molecule has 0 aliphatic heterocycles. The fraction of sp³-hybridized carbons (Fsp3) is 0.333. The summed E-state index contributed by atoms with van der Waals surface area (Å²) >= 11 is 0. The monoisotopic (exact) mass is 311 g/mol. The van der Waals surface area contributed by atoms with Crippen LogP contribution in [0.2, 0.25) is 0 Å². The lowest BCUT2D eigenvalue weighted by Gasteiger charge is -2.08. The predicted octanol–water partition coefficient (Wildman–Crippen LogP) is 2.64. The van der Waals surface area contributed by atoms with Gasteiger partial charge in [-0.25, -0.2) is 0 Å². The molecule has 1 aliphatic rings. The summed E-state index contributed by atoms with van der Waals surface area (Å²) in [5.74, 6) is 0.745. The van der Waals surface area contributed by atoms with Gasteiger partial charge in [-0.05, 0) is 43.0 Å². The normalized spacial score (nSPS) is 13.4. The highest BCUT2D eigenvalue weighted by Gasteiger charge is 2.21. The van der Waals surface area contributed by atoms with Gasteiger partial charge in [0.2, 0.25) is 0 Å². The third kappa shape index (κ3) is 4.45. The third-order valence-corrected chi connectivity index (χ3v) is 3.81. The van der Waals surface area contributed by atoms with Crippen molar-refractivity contribution in [3.05, 3.63) is 53.9 Å². The van der Waals surface area contributed by atoms with E-state index in [1.54, 1.807) is 19.5 Å². The van der Waals surface area contributed by atoms with E-state index in [0.29, 0.717) is 18.2 Å². The van der Waals surface area contributed by atoms with Crippen molar-refractivity contribution in [2.24, 2.45) is 0 Å². The van der Waals surface area contributed by atoms with Gasteiger partial charge in [-0.1, -0.05) is 12.1 Å². The van der Waals surface area contributed by atoms with E-state index in [1.165, 1.54) is 12.8 Å². The van der Waals surface area contributed by atoms with Crippen LogP contribution in [0.3, 0.4) is 0 Å². The van der Waals surface area contributed by atoms with Crippen molar-refractivity contribution >= 4 is 11.6 Å². The van der Waals surface area contributed by atoms with Crippen molar-refractivity contribution in [1.82, 2.24) is 10.3 Å². The lowest BCUT2D eigenvalue weighted by molar-refractivity contribution is 0.0954. The fourth-order valence-electron chi connectivity index (χ4n) is 2.32. The average Bonchev–Trinajstić information content (AvgIpc) is 3.39. The number of anilines is 1. The molecule has 0 unspecified atom stereocenters. The summed E-state index contributed by atoms with van der Waals surface area (Å²) in [5.41, 5.74) is 2.66. The van der Waals surface area contributed by atoms with Crippen LogP contribution in [0.15, 0.2) is 42.7 Å². The Hall–Kier alpha value is -2.56. The molecule has 5 nitrogen and oxygen atoms in total. The minimum Gasteiger partial charge on any atom is -0.497 e. The standard InChI is InChI=1S/C18H21N3O2/c1-23-17-6-2-13(3-7-17)8-9-20-18(22)14-10-16(12-19-11-14)21-15-4-5-15/h2-3,6-7,10-12,15,21H,4-5,8-9H2,1H3,(H,20,22). The minimum atomic E-state index is -0.0922. The molecule has 0 radical (unpaired) electrons. The maximum atomic E-state index is 12.2. The number of pyridine rings is 1. The summed E-state index contributed by atoms with van der Waals surface area (Å²) in [6.07, 6.45) is 6.52. The highest BCUT2D eigenvalue weighted by molar-refractivity contribution is 5.94. The van der Waals surface area contributed by atoms with E-state index in [2.05, 4.69) is 15.6 Å². The first-order valence-electron chi connectivity index (χ1n) is 7.87. The number of aromatic nitrogens is 1. The summed E-state index contributed by atoms with van der Waals surface area (Å²) in [5, 5.41) is 6.28. The second-order valence-electron chi connectivity index (χ2n) is 5.73. The van der Waals surface area contributed by atoms with E-state index < -0.39 is 0 Å². The Morgan fingerprint density at radius 2 is 2.04 bits per heavy atom. The van der Waals surface area contributed by atoms with Crippen LogP contribution >= 0.6 is 0 Å². The fourth-order valence-corrected chi connectivity index (χ4v) is 2.32. The molecule has 0 bridgehead atoms. The van der Waals surface area contributed by atoms with Gasteiger partial charge in [-0.3, -0.25) is 9.78 Å². The van der Waals surface area contributed by atoms with Gasteiger partial charge in [-0.2, -0.15) is 0 Å². The zero-order valence-corrected chi connectivity index (χ0v) is 13.2. The van der Waals surface area contributed by atoms with Crippen LogP contribution in [-0.2, 0) is 6.42 Å². The number of nitrogens with one attached hydrogen (secondary N) is 2. The Kier molecular flexibility index (Phi) is 4.76. The zero-order valence-electron chi connectivity index (χ0n) is 13.2. The van der Waals surface area contributed by atoms with Crippen LogP contribution in [-0.4, -0.2) is 30.6 Å². The van der Waals surface area contributed by atoms with E-state index in [1.807, 2.05) is 30.3 Å². The van der Waals surface area contributed by atoms with Crippen molar-refractivity contribution in [3.8, 4) is 5.75 Å². The molecule has 1 heterocycles. The molecule has 1 amide bonds. The number of hydrogen-bond acceptors (Lipinski definition) is 4. The lowest BCUT2D eigenvalue weighted by atomic mass is 10.1. The molecular formula is C18H21N3O2. The molecule has 1 fully saturated rings. The molecule has 3 rings (SSSR count). The Balaban J connectivity index is 1.50. The number of ether oxygens (including phenoxy) is 1. The molecule has 1 aliphatic carbocycles. The lowest BCUT2D eigenvalue weighted by Crippen LogP contribution is -2.25. The number of amides is 1. The first-order valence-corrected chi connectivity index (χ1v) is 7.87. The summed E-state index contributed by atoms with van der Waals surface area (Å²) < 4.78 is 5.13. The number of methoxy groups -OCH3 is 1. The van der Waals surface area contributed by atoms with E-state index in [4.69, 9.17) is 4.74 Å². The number of rotatable bonds is 7. The maximum absolute atomic E-state index is 12.2. The average molecular weight is 311 g/mol. The van der Waals surface area contributed by atoms with Crippen molar-refractivity contribution < 1.29 is 9.53 Å². The van der Waals surface area contributed by atoms with E-state index in [0.717, 1.165) is 23.4 Å². The van der Waals surface area contributed by atoms with E-state index in [-0.39, 0.29) is 5.91 Å². The molecule has 0 saturated heterocycles. The molecule has 2 N–H and O–H groups in total. The van der Waals surface area contributed by atoms with Gasteiger partial charge in [0.1, 0.15) is 5.75 Å². The zero-order chi connectivity index (χ0) is 16.1. The molecule has 0 atom stereocenters. The number of benzene rings is 1.